The van der Waals surface area contributed by atoms with Crippen LogP contribution in [0.2, 0.25) is 0 Å². The molecule has 1 rings (SSSR count). The van der Waals surface area contributed by atoms with Crippen LogP contribution in [0.25, 0.3) is 0 Å². The van der Waals surface area contributed by atoms with Gasteiger partial charge in [-0.15, -0.1) is 0 Å². The molecule has 0 saturated heterocycles. The Morgan fingerprint density at radius 3 is 2.63 bits per heavy atom. The van der Waals surface area contributed by atoms with Crippen LogP contribution in [0.5, 0.6) is 5.75 Å². The molecule has 19 heavy (non-hydrogen) atoms. The summed E-state index contributed by atoms with van der Waals surface area (Å²) in [6.07, 6.45) is 2.33. The minimum absolute atomic E-state index is 0.496. The first-order valence-corrected chi connectivity index (χ1v) is 6.87. The van der Waals surface area contributed by atoms with Crippen molar-refractivity contribution in [2.45, 2.75) is 46.3 Å². The standard InChI is InChI=1S/C15H26N2O2/c1-12(2)9-16-10-13-5-6-14(11-17-13)19-8-7-15(3,4)18/h5-6,11-12,16,18H,7-10H2,1-4H3. The van der Waals surface area contributed by atoms with Crippen molar-refractivity contribution >= 4 is 0 Å². The summed E-state index contributed by atoms with van der Waals surface area (Å²) >= 11 is 0. The van der Waals surface area contributed by atoms with Crippen LogP contribution in [0.15, 0.2) is 18.3 Å². The molecule has 0 aliphatic rings. The molecule has 0 unspecified atom stereocenters. The van der Waals surface area contributed by atoms with Crippen LogP contribution in [0.1, 0.15) is 39.8 Å². The maximum Gasteiger partial charge on any atom is 0.137 e. The van der Waals surface area contributed by atoms with Crippen molar-refractivity contribution in [1.29, 1.82) is 0 Å². The number of aliphatic hydroxyl groups is 1. The third-order valence-electron chi connectivity index (χ3n) is 2.64. The van der Waals surface area contributed by atoms with Crippen molar-refractivity contribution in [3.05, 3.63) is 24.0 Å². The van der Waals surface area contributed by atoms with Crippen LogP contribution in [0.3, 0.4) is 0 Å². The molecule has 0 radical (unpaired) electrons. The zero-order valence-electron chi connectivity index (χ0n) is 12.4. The maximum absolute atomic E-state index is 9.58. The molecule has 0 fully saturated rings. The zero-order valence-corrected chi connectivity index (χ0v) is 12.4. The number of hydrogen-bond donors (Lipinski definition) is 2. The molecular formula is C15H26N2O2. The predicted octanol–water partition coefficient (Wildman–Crippen LogP) is 2.37. The van der Waals surface area contributed by atoms with Gasteiger partial charge in [0.2, 0.25) is 0 Å². The second kappa shape index (κ2) is 7.46. The Bertz CT molecular complexity index is 355. The van der Waals surface area contributed by atoms with Gasteiger partial charge >= 0.3 is 0 Å². The summed E-state index contributed by atoms with van der Waals surface area (Å²) in [4.78, 5) is 4.34. The monoisotopic (exact) mass is 266 g/mol. The molecule has 0 aliphatic heterocycles. The Hall–Kier alpha value is -1.13. The smallest absolute Gasteiger partial charge is 0.137 e. The van der Waals surface area contributed by atoms with E-state index in [0.29, 0.717) is 18.9 Å². The van der Waals surface area contributed by atoms with E-state index in [2.05, 4.69) is 24.1 Å². The van der Waals surface area contributed by atoms with E-state index in [4.69, 9.17) is 4.74 Å². The van der Waals surface area contributed by atoms with Gasteiger partial charge in [0.1, 0.15) is 5.75 Å². The van der Waals surface area contributed by atoms with Crippen molar-refractivity contribution < 1.29 is 9.84 Å². The number of nitrogens with one attached hydrogen (secondary N) is 1. The summed E-state index contributed by atoms with van der Waals surface area (Å²) in [6.45, 7) is 10.2. The summed E-state index contributed by atoms with van der Waals surface area (Å²) in [7, 11) is 0. The number of nitrogens with zero attached hydrogens (tertiary/aromatic N) is 1. The van der Waals surface area contributed by atoms with Gasteiger partial charge in [-0.05, 0) is 38.4 Å². The average Bonchev–Trinajstić information content (AvgIpc) is 2.29. The van der Waals surface area contributed by atoms with Gasteiger partial charge < -0.3 is 15.2 Å². The minimum Gasteiger partial charge on any atom is -0.492 e. The second-order valence-corrected chi connectivity index (χ2v) is 5.92. The summed E-state index contributed by atoms with van der Waals surface area (Å²) in [5.74, 6) is 1.39. The van der Waals surface area contributed by atoms with E-state index in [1.807, 2.05) is 12.1 Å². The van der Waals surface area contributed by atoms with Crippen molar-refractivity contribution in [1.82, 2.24) is 10.3 Å². The molecule has 1 aromatic rings. The number of hydrogen-bond acceptors (Lipinski definition) is 4. The van der Waals surface area contributed by atoms with E-state index >= 15 is 0 Å². The van der Waals surface area contributed by atoms with E-state index < -0.39 is 5.60 Å². The molecule has 0 amide bonds. The fraction of sp³-hybridized carbons (Fsp3) is 0.667. The highest BCUT2D eigenvalue weighted by Crippen LogP contribution is 2.12. The van der Waals surface area contributed by atoms with E-state index in [0.717, 1.165) is 24.5 Å². The Balaban J connectivity index is 2.31. The van der Waals surface area contributed by atoms with Crippen LogP contribution >= 0.6 is 0 Å². The number of ether oxygens (including phenoxy) is 1. The molecule has 0 aliphatic carbocycles. The number of aromatic nitrogens is 1. The molecule has 4 heteroatoms. The lowest BCUT2D eigenvalue weighted by Crippen LogP contribution is -2.22. The van der Waals surface area contributed by atoms with Gasteiger partial charge in [0.15, 0.2) is 0 Å². The van der Waals surface area contributed by atoms with Crippen LogP contribution in [0, 0.1) is 5.92 Å². The molecule has 1 aromatic heterocycles. The molecule has 0 saturated carbocycles. The van der Waals surface area contributed by atoms with Gasteiger partial charge in [0.25, 0.3) is 0 Å². The summed E-state index contributed by atoms with van der Waals surface area (Å²) < 4.78 is 5.54. The highest BCUT2D eigenvalue weighted by Gasteiger charge is 2.12. The fourth-order valence-electron chi connectivity index (χ4n) is 1.51. The first-order chi connectivity index (χ1) is 8.87. The Morgan fingerprint density at radius 2 is 2.11 bits per heavy atom. The molecular weight excluding hydrogens is 240 g/mol. The minimum atomic E-state index is -0.686. The van der Waals surface area contributed by atoms with Crippen molar-refractivity contribution in [3.8, 4) is 5.75 Å². The molecule has 108 valence electrons. The molecule has 2 N–H and O–H groups in total. The van der Waals surface area contributed by atoms with Gasteiger partial charge in [-0.2, -0.15) is 0 Å². The van der Waals surface area contributed by atoms with Crippen LogP contribution < -0.4 is 10.1 Å². The first-order valence-electron chi connectivity index (χ1n) is 6.87. The normalized spacial score (nSPS) is 11.9. The molecule has 0 aromatic carbocycles. The molecule has 1 heterocycles. The molecule has 4 nitrogen and oxygen atoms in total. The van der Waals surface area contributed by atoms with E-state index in [1.165, 1.54) is 0 Å². The maximum atomic E-state index is 9.58. The van der Waals surface area contributed by atoms with E-state index in [9.17, 15) is 5.11 Å². The highest BCUT2D eigenvalue weighted by molar-refractivity contribution is 5.19. The molecule has 0 spiro atoms. The zero-order chi connectivity index (χ0) is 14.3. The topological polar surface area (TPSA) is 54.4 Å². The lowest BCUT2D eigenvalue weighted by Gasteiger charge is -2.17. The first kappa shape index (κ1) is 15.9. The van der Waals surface area contributed by atoms with Crippen LogP contribution in [-0.4, -0.2) is 28.8 Å². The lowest BCUT2D eigenvalue weighted by molar-refractivity contribution is 0.0553. The van der Waals surface area contributed by atoms with Crippen molar-refractivity contribution in [2.75, 3.05) is 13.2 Å². The number of rotatable bonds is 8. The van der Waals surface area contributed by atoms with Crippen LogP contribution in [-0.2, 0) is 6.54 Å². The van der Waals surface area contributed by atoms with Gasteiger partial charge in [0, 0.05) is 13.0 Å². The van der Waals surface area contributed by atoms with Crippen molar-refractivity contribution in [2.24, 2.45) is 5.92 Å². The third kappa shape index (κ3) is 7.80. The fourth-order valence-corrected chi connectivity index (χ4v) is 1.51. The number of pyridine rings is 1. The van der Waals surface area contributed by atoms with Crippen LogP contribution in [0.4, 0.5) is 0 Å². The SMILES string of the molecule is CC(C)CNCc1ccc(OCCC(C)(C)O)cn1. The van der Waals surface area contributed by atoms with Gasteiger partial charge in [-0.1, -0.05) is 13.8 Å². The quantitative estimate of drug-likeness (QED) is 0.758. The third-order valence-corrected chi connectivity index (χ3v) is 2.64. The summed E-state index contributed by atoms with van der Waals surface area (Å²) in [5.41, 5.74) is 0.323. The van der Waals surface area contributed by atoms with E-state index in [-0.39, 0.29) is 0 Å². The summed E-state index contributed by atoms with van der Waals surface area (Å²) in [5, 5.41) is 12.9. The lowest BCUT2D eigenvalue weighted by atomic mass is 10.1. The largest absolute Gasteiger partial charge is 0.492 e. The van der Waals surface area contributed by atoms with Gasteiger partial charge in [0.05, 0.1) is 24.1 Å². The van der Waals surface area contributed by atoms with Gasteiger partial charge in [-0.25, -0.2) is 0 Å². The second-order valence-electron chi connectivity index (χ2n) is 5.92. The van der Waals surface area contributed by atoms with E-state index in [1.54, 1.807) is 20.0 Å². The summed E-state index contributed by atoms with van der Waals surface area (Å²) in [6, 6.07) is 3.89. The average molecular weight is 266 g/mol. The predicted molar refractivity (Wildman–Crippen MR) is 77.2 cm³/mol. The Kier molecular flexibility index (Phi) is 6.25. The Morgan fingerprint density at radius 1 is 1.37 bits per heavy atom. The van der Waals surface area contributed by atoms with Gasteiger partial charge in [-0.3, -0.25) is 4.98 Å². The Labute approximate surface area is 116 Å². The highest BCUT2D eigenvalue weighted by atomic mass is 16.5. The molecule has 0 bridgehead atoms. The van der Waals surface area contributed by atoms with Crippen molar-refractivity contribution in [3.63, 3.8) is 0 Å². The molecule has 0 atom stereocenters.